The number of halogens is 2. The van der Waals surface area contributed by atoms with E-state index in [9.17, 15) is 0 Å². The lowest BCUT2D eigenvalue weighted by Gasteiger charge is -2.07. The highest BCUT2D eigenvalue weighted by Crippen LogP contribution is 2.22. The Labute approximate surface area is 116 Å². The van der Waals surface area contributed by atoms with Gasteiger partial charge in [-0.15, -0.1) is 0 Å². The predicted molar refractivity (Wildman–Crippen MR) is 73.0 cm³/mol. The van der Waals surface area contributed by atoms with Crippen LogP contribution in [0.2, 0.25) is 10.0 Å². The van der Waals surface area contributed by atoms with Crippen molar-refractivity contribution >= 4 is 23.2 Å². The lowest BCUT2D eigenvalue weighted by Crippen LogP contribution is -2.17. The van der Waals surface area contributed by atoms with Gasteiger partial charge in [0.05, 0.1) is 23.1 Å². The Kier molecular flexibility index (Phi) is 4.58. The summed E-state index contributed by atoms with van der Waals surface area (Å²) < 4.78 is 1.85. The number of rotatable bonds is 5. The van der Waals surface area contributed by atoms with Crippen LogP contribution in [0, 0.1) is 0 Å². The van der Waals surface area contributed by atoms with E-state index >= 15 is 0 Å². The second-order valence-corrected chi connectivity index (χ2v) is 4.68. The summed E-state index contributed by atoms with van der Waals surface area (Å²) in [4.78, 5) is 4.22. The number of hydrogen-bond donors (Lipinski definition) is 1. The average molecular weight is 285 g/mol. The van der Waals surface area contributed by atoms with E-state index in [2.05, 4.69) is 22.3 Å². The van der Waals surface area contributed by atoms with E-state index in [0.29, 0.717) is 23.1 Å². The molecular formula is C12H14Cl2N4. The van der Waals surface area contributed by atoms with Gasteiger partial charge in [-0.3, -0.25) is 0 Å². The van der Waals surface area contributed by atoms with Gasteiger partial charge in [0.15, 0.2) is 0 Å². The first-order valence-electron chi connectivity index (χ1n) is 5.72. The lowest BCUT2D eigenvalue weighted by atomic mass is 10.2. The van der Waals surface area contributed by atoms with Crippen LogP contribution in [0.1, 0.15) is 18.3 Å². The molecule has 0 fully saturated rings. The zero-order valence-electron chi connectivity index (χ0n) is 10.0. The van der Waals surface area contributed by atoms with Crippen LogP contribution in [-0.4, -0.2) is 21.3 Å². The van der Waals surface area contributed by atoms with Crippen LogP contribution in [-0.2, 0) is 13.1 Å². The maximum atomic E-state index is 5.99. The third kappa shape index (κ3) is 3.22. The predicted octanol–water partition coefficient (Wildman–Crippen LogP) is 2.74. The van der Waals surface area contributed by atoms with Crippen molar-refractivity contribution in [3.05, 3.63) is 46.0 Å². The highest BCUT2D eigenvalue weighted by atomic mass is 35.5. The van der Waals surface area contributed by atoms with Gasteiger partial charge in [-0.1, -0.05) is 36.2 Å². The summed E-state index contributed by atoms with van der Waals surface area (Å²) in [5.74, 6) is 0.905. The Hall–Kier alpha value is -1.10. The van der Waals surface area contributed by atoms with Crippen molar-refractivity contribution in [3.8, 4) is 0 Å². The van der Waals surface area contributed by atoms with Crippen molar-refractivity contribution < 1.29 is 0 Å². The molecule has 2 aromatic rings. The third-order valence-electron chi connectivity index (χ3n) is 2.55. The fourth-order valence-electron chi connectivity index (χ4n) is 1.60. The number of aromatic nitrogens is 3. The zero-order valence-corrected chi connectivity index (χ0v) is 11.5. The topological polar surface area (TPSA) is 42.7 Å². The molecule has 0 atom stereocenters. The average Bonchev–Trinajstić information content (AvgIpc) is 2.79. The van der Waals surface area contributed by atoms with Crippen LogP contribution in [0.25, 0.3) is 0 Å². The molecule has 0 aliphatic rings. The van der Waals surface area contributed by atoms with Gasteiger partial charge in [-0.25, -0.2) is 9.67 Å². The Morgan fingerprint density at radius 2 is 2.11 bits per heavy atom. The monoisotopic (exact) mass is 284 g/mol. The van der Waals surface area contributed by atoms with Gasteiger partial charge >= 0.3 is 0 Å². The van der Waals surface area contributed by atoms with Crippen molar-refractivity contribution in [1.82, 2.24) is 20.1 Å². The number of benzene rings is 1. The van der Waals surface area contributed by atoms with Gasteiger partial charge in [0, 0.05) is 0 Å². The molecule has 0 aliphatic carbocycles. The van der Waals surface area contributed by atoms with Crippen molar-refractivity contribution in [1.29, 1.82) is 0 Å². The van der Waals surface area contributed by atoms with Crippen LogP contribution in [0.4, 0.5) is 0 Å². The number of nitrogens with zero attached hydrogens (tertiary/aromatic N) is 3. The van der Waals surface area contributed by atoms with Gasteiger partial charge in [-0.05, 0) is 24.2 Å². The first-order chi connectivity index (χ1) is 8.70. The smallest absolute Gasteiger partial charge is 0.141 e. The molecule has 1 aromatic heterocycles. The van der Waals surface area contributed by atoms with E-state index in [1.807, 2.05) is 16.8 Å². The maximum Gasteiger partial charge on any atom is 0.141 e. The summed E-state index contributed by atoms with van der Waals surface area (Å²) in [5.41, 5.74) is 1.05. The van der Waals surface area contributed by atoms with Gasteiger partial charge < -0.3 is 5.32 Å². The summed E-state index contributed by atoms with van der Waals surface area (Å²) in [5, 5.41) is 8.55. The molecule has 0 spiro atoms. The summed E-state index contributed by atoms with van der Waals surface area (Å²) in [6.45, 7) is 4.30. The van der Waals surface area contributed by atoms with Crippen molar-refractivity contribution in [2.24, 2.45) is 0 Å². The molecule has 0 aliphatic heterocycles. The minimum atomic E-state index is 0.558. The molecule has 18 heavy (non-hydrogen) atoms. The standard InChI is InChI=1S/C12H14Cl2N4/c1-2-15-6-12-16-8-17-18(12)7-9-3-4-10(13)11(14)5-9/h3-5,8,15H,2,6-7H2,1H3. The summed E-state index contributed by atoms with van der Waals surface area (Å²) in [6, 6.07) is 5.58. The molecule has 1 aromatic carbocycles. The Bertz CT molecular complexity index is 525. The molecule has 0 amide bonds. The molecule has 1 heterocycles. The molecule has 6 heteroatoms. The lowest BCUT2D eigenvalue weighted by molar-refractivity contribution is 0.596. The van der Waals surface area contributed by atoms with Crippen LogP contribution in [0.5, 0.6) is 0 Å². The highest BCUT2D eigenvalue weighted by Gasteiger charge is 2.06. The van der Waals surface area contributed by atoms with Crippen molar-refractivity contribution in [2.75, 3.05) is 6.54 Å². The van der Waals surface area contributed by atoms with Crippen LogP contribution >= 0.6 is 23.2 Å². The van der Waals surface area contributed by atoms with Crippen molar-refractivity contribution in [2.45, 2.75) is 20.0 Å². The Balaban J connectivity index is 2.13. The van der Waals surface area contributed by atoms with Crippen LogP contribution in [0.3, 0.4) is 0 Å². The molecule has 0 bridgehead atoms. The van der Waals surface area contributed by atoms with E-state index in [-0.39, 0.29) is 0 Å². The van der Waals surface area contributed by atoms with Crippen LogP contribution in [0.15, 0.2) is 24.5 Å². The van der Waals surface area contributed by atoms with Gasteiger partial charge in [0.25, 0.3) is 0 Å². The second kappa shape index (κ2) is 6.18. The summed E-state index contributed by atoms with van der Waals surface area (Å²) in [7, 11) is 0. The Morgan fingerprint density at radius 3 is 2.83 bits per heavy atom. The van der Waals surface area contributed by atoms with E-state index in [1.165, 1.54) is 0 Å². The summed E-state index contributed by atoms with van der Waals surface area (Å²) in [6.07, 6.45) is 1.56. The van der Waals surface area contributed by atoms with E-state index in [1.54, 1.807) is 12.4 Å². The second-order valence-electron chi connectivity index (χ2n) is 3.86. The van der Waals surface area contributed by atoms with Crippen molar-refractivity contribution in [3.63, 3.8) is 0 Å². The SMILES string of the molecule is CCNCc1ncnn1Cc1ccc(Cl)c(Cl)c1. The van der Waals surface area contributed by atoms with E-state index in [4.69, 9.17) is 23.2 Å². The molecule has 0 unspecified atom stereocenters. The first-order valence-corrected chi connectivity index (χ1v) is 6.47. The van der Waals surface area contributed by atoms with Gasteiger partial charge in [-0.2, -0.15) is 5.10 Å². The summed E-state index contributed by atoms with van der Waals surface area (Å²) >= 11 is 11.9. The fourth-order valence-corrected chi connectivity index (χ4v) is 1.93. The minimum absolute atomic E-state index is 0.558. The molecule has 0 saturated heterocycles. The molecular weight excluding hydrogens is 271 g/mol. The third-order valence-corrected chi connectivity index (χ3v) is 3.28. The van der Waals surface area contributed by atoms with Gasteiger partial charge in [0.2, 0.25) is 0 Å². The molecule has 0 radical (unpaired) electrons. The minimum Gasteiger partial charge on any atom is -0.310 e. The largest absolute Gasteiger partial charge is 0.310 e. The molecule has 0 saturated carbocycles. The van der Waals surface area contributed by atoms with Crippen LogP contribution < -0.4 is 5.32 Å². The number of hydrogen-bond acceptors (Lipinski definition) is 3. The highest BCUT2D eigenvalue weighted by molar-refractivity contribution is 6.42. The molecule has 2 rings (SSSR count). The normalized spacial score (nSPS) is 10.8. The molecule has 4 nitrogen and oxygen atoms in total. The molecule has 96 valence electrons. The quantitative estimate of drug-likeness (QED) is 0.918. The Morgan fingerprint density at radius 1 is 1.28 bits per heavy atom. The maximum absolute atomic E-state index is 5.99. The first kappa shape index (κ1) is 13.3. The van der Waals surface area contributed by atoms with Gasteiger partial charge in [0.1, 0.15) is 12.2 Å². The zero-order chi connectivity index (χ0) is 13.0. The fraction of sp³-hybridized carbons (Fsp3) is 0.333. The molecule has 1 N–H and O–H groups in total. The van der Waals surface area contributed by atoms with E-state index < -0.39 is 0 Å². The number of nitrogens with one attached hydrogen (secondary N) is 1. The van der Waals surface area contributed by atoms with E-state index in [0.717, 1.165) is 17.9 Å².